The summed E-state index contributed by atoms with van der Waals surface area (Å²) in [5, 5.41) is 9.28. The summed E-state index contributed by atoms with van der Waals surface area (Å²) in [5.74, 6) is -1.79. The first-order chi connectivity index (χ1) is 13.9. The number of aryl methyl sites for hydroxylation is 1. The number of nitrogens with zero attached hydrogens (tertiary/aromatic N) is 4. The summed E-state index contributed by atoms with van der Waals surface area (Å²) in [6.45, 7) is 5.45. The van der Waals surface area contributed by atoms with Crippen molar-refractivity contribution in [2.75, 3.05) is 38.1 Å². The molecular formula is C20H24CuFN5O3+2. The van der Waals surface area contributed by atoms with Crippen molar-refractivity contribution in [3.8, 4) is 0 Å². The summed E-state index contributed by atoms with van der Waals surface area (Å²) >= 11 is 0. The fourth-order valence-electron chi connectivity index (χ4n) is 3.32. The Bertz CT molecular complexity index is 1030. The van der Waals surface area contributed by atoms with Crippen LogP contribution in [0.1, 0.15) is 17.3 Å². The van der Waals surface area contributed by atoms with Gasteiger partial charge in [0.2, 0.25) is 5.43 Å². The van der Waals surface area contributed by atoms with Gasteiger partial charge in [-0.1, -0.05) is 0 Å². The molecule has 1 aromatic carbocycles. The van der Waals surface area contributed by atoms with Crippen LogP contribution in [0.3, 0.4) is 0 Å². The third-order valence-electron chi connectivity index (χ3n) is 4.97. The number of pyridine rings is 1. The Hall–Kier alpha value is -2.68. The fourth-order valence-corrected chi connectivity index (χ4v) is 3.32. The molecule has 8 nitrogen and oxygen atoms in total. The molecule has 1 saturated heterocycles. The number of carbonyl (C=O) groups is 1. The number of aromatic carboxylic acids is 1. The molecule has 0 bridgehead atoms. The van der Waals surface area contributed by atoms with Crippen LogP contribution in [0.5, 0.6) is 0 Å². The number of nitrogens with one attached hydrogen (secondary N) is 1. The fraction of sp³-hybridized carbons (Fsp3) is 0.350. The summed E-state index contributed by atoms with van der Waals surface area (Å²) in [6, 6.07) is 2.83. The molecule has 0 aliphatic carbocycles. The van der Waals surface area contributed by atoms with E-state index in [1.807, 2.05) is 18.9 Å². The molecule has 4 rings (SSSR count). The van der Waals surface area contributed by atoms with Crippen molar-refractivity contribution < 1.29 is 31.4 Å². The van der Waals surface area contributed by atoms with Gasteiger partial charge in [-0.25, -0.2) is 14.2 Å². The molecule has 2 N–H and O–H groups in total. The normalized spacial score (nSPS) is 14.0. The standard InChI is InChI=1S/C17H20FN3O3.C3H4N2.Cu/c1-3-20-10-12(17(23)24)16(22)11-8-13(18)15(9-14(11)20)21-6-4-19(2)5-7-21;1-2-5-3-4-1;/h8-10H,3-7H2,1-2H3,(H,23,24);1-3H,(H,4,5);/q;;+2. The molecule has 1 aliphatic rings. The summed E-state index contributed by atoms with van der Waals surface area (Å²) in [6.07, 6.45) is 6.42. The summed E-state index contributed by atoms with van der Waals surface area (Å²) in [7, 11) is 2.02. The van der Waals surface area contributed by atoms with Crippen LogP contribution in [0.2, 0.25) is 0 Å². The second-order valence-electron chi connectivity index (χ2n) is 6.83. The van der Waals surface area contributed by atoms with Gasteiger partial charge in [-0.05, 0) is 26.1 Å². The number of benzene rings is 1. The molecular weight excluding hydrogens is 441 g/mol. The first-order valence-corrected chi connectivity index (χ1v) is 9.38. The van der Waals surface area contributed by atoms with Gasteiger partial charge < -0.3 is 24.5 Å². The predicted octanol–water partition coefficient (Wildman–Crippen LogP) is 2.02. The molecule has 1 aliphatic heterocycles. The Kier molecular flexibility index (Phi) is 8.16. The maximum Gasteiger partial charge on any atom is 2.00 e. The van der Waals surface area contributed by atoms with Crippen molar-refractivity contribution in [1.82, 2.24) is 19.4 Å². The SMILES string of the molecule is CCn1cc(C(=O)O)c(=O)c2cc(F)c(N3CCN(C)CC3)cc21.[Cu+2].c1c[nH]cn1. The number of H-pyrrole nitrogens is 1. The van der Waals surface area contributed by atoms with Crippen LogP contribution in [0.4, 0.5) is 10.1 Å². The molecule has 3 aromatic rings. The second-order valence-corrected chi connectivity index (χ2v) is 6.83. The monoisotopic (exact) mass is 464 g/mol. The average Bonchev–Trinajstić information content (AvgIpc) is 3.29. The maximum atomic E-state index is 14.6. The number of imidazole rings is 1. The first-order valence-electron chi connectivity index (χ1n) is 9.38. The number of hydrogen-bond donors (Lipinski definition) is 2. The van der Waals surface area contributed by atoms with Gasteiger partial charge in [0.15, 0.2) is 0 Å². The van der Waals surface area contributed by atoms with E-state index in [1.54, 1.807) is 29.4 Å². The molecule has 3 heterocycles. The molecule has 0 spiro atoms. The zero-order chi connectivity index (χ0) is 21.0. The van der Waals surface area contributed by atoms with Gasteiger partial charge >= 0.3 is 23.0 Å². The van der Waals surface area contributed by atoms with Crippen molar-refractivity contribution in [3.05, 3.63) is 58.7 Å². The van der Waals surface area contributed by atoms with Crippen LogP contribution >= 0.6 is 0 Å². The minimum atomic E-state index is -1.30. The quantitative estimate of drug-likeness (QED) is 0.576. The van der Waals surface area contributed by atoms with Crippen molar-refractivity contribution in [1.29, 1.82) is 0 Å². The van der Waals surface area contributed by atoms with Crippen LogP contribution in [-0.4, -0.2) is 63.7 Å². The Balaban J connectivity index is 0.000000468. The van der Waals surface area contributed by atoms with Crippen molar-refractivity contribution in [2.45, 2.75) is 13.5 Å². The third-order valence-corrected chi connectivity index (χ3v) is 4.97. The zero-order valence-corrected chi connectivity index (χ0v) is 17.7. The summed E-state index contributed by atoms with van der Waals surface area (Å²) < 4.78 is 16.3. The van der Waals surface area contributed by atoms with Gasteiger partial charge in [0.05, 0.1) is 17.5 Å². The predicted molar refractivity (Wildman–Crippen MR) is 109 cm³/mol. The van der Waals surface area contributed by atoms with E-state index < -0.39 is 17.2 Å². The minimum absolute atomic E-state index is 0. The van der Waals surface area contributed by atoms with E-state index in [0.717, 1.165) is 13.1 Å². The molecule has 2 aromatic heterocycles. The summed E-state index contributed by atoms with van der Waals surface area (Å²) in [5.41, 5.74) is 0.0326. The van der Waals surface area contributed by atoms with Crippen molar-refractivity contribution in [3.63, 3.8) is 0 Å². The topological polar surface area (TPSA) is 94.5 Å². The van der Waals surface area contributed by atoms with Crippen LogP contribution in [-0.2, 0) is 23.6 Å². The number of carboxylic acids is 1. The van der Waals surface area contributed by atoms with Gasteiger partial charge in [0.25, 0.3) is 0 Å². The maximum absolute atomic E-state index is 14.6. The number of carboxylic acid groups (broad SMARTS) is 1. The van der Waals surface area contributed by atoms with E-state index in [1.165, 1.54) is 12.3 Å². The molecule has 0 saturated carbocycles. The Labute approximate surface area is 183 Å². The number of rotatable bonds is 3. The number of piperazine rings is 1. The largest absolute Gasteiger partial charge is 2.00 e. The van der Waals surface area contributed by atoms with E-state index in [0.29, 0.717) is 30.8 Å². The van der Waals surface area contributed by atoms with Crippen LogP contribution in [0.15, 0.2) is 41.8 Å². The van der Waals surface area contributed by atoms with Gasteiger partial charge in [0.1, 0.15) is 11.4 Å². The second kappa shape index (κ2) is 10.4. The molecule has 163 valence electrons. The Morgan fingerprint density at radius 1 is 1.27 bits per heavy atom. The molecule has 10 heteroatoms. The smallest absolute Gasteiger partial charge is 0.477 e. The van der Waals surface area contributed by atoms with E-state index in [9.17, 15) is 19.1 Å². The molecule has 1 fully saturated rings. The average molecular weight is 465 g/mol. The number of anilines is 1. The van der Waals surface area contributed by atoms with E-state index in [-0.39, 0.29) is 28.0 Å². The third kappa shape index (κ3) is 5.08. The van der Waals surface area contributed by atoms with Gasteiger partial charge in [-0.15, -0.1) is 0 Å². The molecule has 0 atom stereocenters. The van der Waals surface area contributed by atoms with Gasteiger partial charge in [0, 0.05) is 56.7 Å². The zero-order valence-electron chi connectivity index (χ0n) is 16.7. The Morgan fingerprint density at radius 2 is 1.97 bits per heavy atom. The minimum Gasteiger partial charge on any atom is -0.477 e. The number of aromatic nitrogens is 3. The molecule has 0 amide bonds. The van der Waals surface area contributed by atoms with Gasteiger partial charge in [-0.2, -0.15) is 0 Å². The number of likely N-dealkylation sites (N-methyl/N-ethyl adjacent to an activating group) is 1. The van der Waals surface area contributed by atoms with Crippen LogP contribution in [0.25, 0.3) is 10.9 Å². The number of hydrogen-bond acceptors (Lipinski definition) is 5. The first kappa shape index (κ1) is 23.6. The van der Waals surface area contributed by atoms with Crippen LogP contribution in [0, 0.1) is 5.82 Å². The van der Waals surface area contributed by atoms with E-state index in [4.69, 9.17) is 0 Å². The van der Waals surface area contributed by atoms with Crippen molar-refractivity contribution in [2.24, 2.45) is 0 Å². The molecule has 0 unspecified atom stereocenters. The number of halogens is 1. The Morgan fingerprint density at radius 3 is 2.47 bits per heavy atom. The number of fused-ring (bicyclic) bond motifs is 1. The van der Waals surface area contributed by atoms with Gasteiger partial charge in [-0.3, -0.25) is 4.79 Å². The molecule has 1 radical (unpaired) electrons. The number of aromatic amines is 1. The molecule has 30 heavy (non-hydrogen) atoms. The van der Waals surface area contributed by atoms with E-state index >= 15 is 0 Å². The van der Waals surface area contributed by atoms with Crippen LogP contribution < -0.4 is 10.3 Å². The van der Waals surface area contributed by atoms with E-state index in [2.05, 4.69) is 14.9 Å². The van der Waals surface area contributed by atoms with Crippen molar-refractivity contribution >= 4 is 22.6 Å². The summed E-state index contributed by atoms with van der Waals surface area (Å²) in [4.78, 5) is 34.1.